The van der Waals surface area contributed by atoms with E-state index >= 15 is 0 Å². The van der Waals surface area contributed by atoms with Crippen LogP contribution in [-0.4, -0.2) is 33.7 Å². The van der Waals surface area contributed by atoms with Crippen LogP contribution in [0.15, 0.2) is 61.1 Å². The third kappa shape index (κ3) is 4.77. The molecule has 0 spiro atoms. The Bertz CT molecular complexity index is 902. The van der Waals surface area contributed by atoms with Crippen molar-refractivity contribution in [1.29, 1.82) is 0 Å². The third-order valence-corrected chi connectivity index (χ3v) is 5.44. The molecule has 1 fully saturated rings. The second kappa shape index (κ2) is 8.40. The molecule has 1 saturated heterocycles. The average Bonchev–Trinajstić information content (AvgIpc) is 2.70. The molecule has 0 saturated carbocycles. The summed E-state index contributed by atoms with van der Waals surface area (Å²) in [5.41, 5.74) is 3.35. The largest absolute Gasteiger partial charge is 0.299 e. The van der Waals surface area contributed by atoms with E-state index in [0.717, 1.165) is 48.9 Å². The van der Waals surface area contributed by atoms with Gasteiger partial charge in [0.25, 0.3) is 0 Å². The van der Waals surface area contributed by atoms with E-state index in [1.165, 1.54) is 5.56 Å². The highest BCUT2D eigenvalue weighted by Gasteiger charge is 2.21. The Morgan fingerprint density at radius 3 is 2.67 bits per heavy atom. The number of fused-ring (bicyclic) bond motifs is 1. The van der Waals surface area contributed by atoms with Crippen molar-refractivity contribution in [2.45, 2.75) is 32.2 Å². The second-order valence-corrected chi connectivity index (χ2v) is 7.54. The van der Waals surface area contributed by atoms with Crippen molar-refractivity contribution in [2.75, 3.05) is 13.1 Å². The number of carbonyl (C=O) groups is 1. The summed E-state index contributed by atoms with van der Waals surface area (Å²) < 4.78 is 0. The molecule has 2 aromatic carbocycles. The summed E-state index contributed by atoms with van der Waals surface area (Å²) in [6.45, 7) is 3.18. The van der Waals surface area contributed by atoms with Gasteiger partial charge in [0.15, 0.2) is 0 Å². The van der Waals surface area contributed by atoms with Crippen molar-refractivity contribution in [3.63, 3.8) is 0 Å². The normalized spacial score (nSPS) is 15.9. The maximum atomic E-state index is 12.5. The second-order valence-electron chi connectivity index (χ2n) is 7.54. The molecule has 4 heteroatoms. The summed E-state index contributed by atoms with van der Waals surface area (Å²) in [6, 6.07) is 16.6. The van der Waals surface area contributed by atoms with Crippen LogP contribution in [0.3, 0.4) is 0 Å². The van der Waals surface area contributed by atoms with Gasteiger partial charge in [-0.2, -0.15) is 0 Å². The summed E-state index contributed by atoms with van der Waals surface area (Å²) in [4.78, 5) is 23.3. The molecule has 0 radical (unpaired) electrons. The van der Waals surface area contributed by atoms with Gasteiger partial charge in [0, 0.05) is 31.0 Å². The van der Waals surface area contributed by atoms with E-state index in [-0.39, 0.29) is 0 Å². The van der Waals surface area contributed by atoms with Gasteiger partial charge in [-0.15, -0.1) is 0 Å². The number of piperidine rings is 1. The minimum Gasteiger partial charge on any atom is -0.299 e. The van der Waals surface area contributed by atoms with E-state index in [0.29, 0.717) is 24.5 Å². The summed E-state index contributed by atoms with van der Waals surface area (Å²) in [7, 11) is 0. The van der Waals surface area contributed by atoms with Crippen LogP contribution in [0.2, 0.25) is 0 Å². The molecule has 4 nitrogen and oxygen atoms in total. The topological polar surface area (TPSA) is 46.1 Å². The summed E-state index contributed by atoms with van der Waals surface area (Å²) in [5.74, 6) is 0.862. The highest BCUT2D eigenvalue weighted by molar-refractivity contribution is 5.84. The number of rotatable bonds is 6. The zero-order valence-corrected chi connectivity index (χ0v) is 15.6. The molecule has 4 rings (SSSR count). The Labute approximate surface area is 160 Å². The van der Waals surface area contributed by atoms with Crippen LogP contribution >= 0.6 is 0 Å². The fourth-order valence-electron chi connectivity index (χ4n) is 3.96. The molecule has 138 valence electrons. The van der Waals surface area contributed by atoms with Crippen molar-refractivity contribution in [3.8, 4) is 0 Å². The Kier molecular flexibility index (Phi) is 5.54. The molecule has 0 amide bonds. The van der Waals surface area contributed by atoms with Crippen molar-refractivity contribution < 1.29 is 4.79 Å². The number of Topliss-reactive ketones (excluding diaryl/α,β-unsaturated/α-hetero) is 1. The molecular weight excluding hydrogens is 334 g/mol. The van der Waals surface area contributed by atoms with Crippen LogP contribution in [0, 0.1) is 5.92 Å². The molecule has 27 heavy (non-hydrogen) atoms. The van der Waals surface area contributed by atoms with Gasteiger partial charge in [0.05, 0.1) is 5.52 Å². The standard InChI is InChI=1S/C23H25N3O/c27-22(14-20-6-7-23-21(12-20)15-24-17-25-23)13-18-8-10-26(11-9-18)16-19-4-2-1-3-5-19/h1-7,12,15,17-18H,8-11,13-14,16H2. The average molecular weight is 359 g/mol. The summed E-state index contributed by atoms with van der Waals surface area (Å²) >= 11 is 0. The first-order chi connectivity index (χ1) is 13.3. The van der Waals surface area contributed by atoms with Gasteiger partial charge in [-0.25, -0.2) is 9.97 Å². The lowest BCUT2D eigenvalue weighted by Crippen LogP contribution is -2.34. The van der Waals surface area contributed by atoms with Crippen LogP contribution in [0.25, 0.3) is 10.9 Å². The smallest absolute Gasteiger partial charge is 0.137 e. The van der Waals surface area contributed by atoms with E-state index in [1.807, 2.05) is 18.2 Å². The van der Waals surface area contributed by atoms with Gasteiger partial charge in [0.2, 0.25) is 0 Å². The van der Waals surface area contributed by atoms with Crippen molar-refractivity contribution >= 4 is 16.7 Å². The summed E-state index contributed by atoms with van der Waals surface area (Å²) in [5, 5.41) is 0.997. The molecule has 0 bridgehead atoms. The van der Waals surface area contributed by atoms with E-state index in [9.17, 15) is 4.79 Å². The molecule has 1 aliphatic rings. The van der Waals surface area contributed by atoms with Gasteiger partial charge in [-0.3, -0.25) is 9.69 Å². The quantitative estimate of drug-likeness (QED) is 0.666. The zero-order chi connectivity index (χ0) is 18.5. The maximum absolute atomic E-state index is 12.5. The number of hydrogen-bond donors (Lipinski definition) is 0. The van der Waals surface area contributed by atoms with Crippen LogP contribution in [0.1, 0.15) is 30.4 Å². The van der Waals surface area contributed by atoms with E-state index in [2.05, 4.69) is 45.2 Å². The van der Waals surface area contributed by atoms with Crippen LogP contribution in [0.5, 0.6) is 0 Å². The predicted octanol–water partition coefficient (Wildman–Crippen LogP) is 4.04. The number of likely N-dealkylation sites (tertiary alicyclic amines) is 1. The van der Waals surface area contributed by atoms with E-state index < -0.39 is 0 Å². The van der Waals surface area contributed by atoms with Crippen molar-refractivity contribution in [1.82, 2.24) is 14.9 Å². The Morgan fingerprint density at radius 2 is 1.85 bits per heavy atom. The van der Waals surface area contributed by atoms with E-state index in [4.69, 9.17) is 0 Å². The SMILES string of the molecule is O=C(Cc1ccc2ncncc2c1)CC1CCN(Cc2ccccc2)CC1. The lowest BCUT2D eigenvalue weighted by atomic mass is 9.90. The van der Waals surface area contributed by atoms with Gasteiger partial charge in [-0.1, -0.05) is 36.4 Å². The minimum absolute atomic E-state index is 0.340. The maximum Gasteiger partial charge on any atom is 0.137 e. The Hall–Kier alpha value is -2.59. The molecule has 0 unspecified atom stereocenters. The molecule has 3 aromatic rings. The first-order valence-electron chi connectivity index (χ1n) is 9.73. The lowest BCUT2D eigenvalue weighted by molar-refractivity contribution is -0.119. The molecule has 0 aliphatic carbocycles. The third-order valence-electron chi connectivity index (χ3n) is 5.44. The molecule has 1 aromatic heterocycles. The molecular formula is C23H25N3O. The Morgan fingerprint density at radius 1 is 1.04 bits per heavy atom. The summed E-state index contributed by atoms with van der Waals surface area (Å²) in [6.07, 6.45) is 6.79. The molecule has 0 atom stereocenters. The van der Waals surface area contributed by atoms with Crippen LogP contribution in [0.4, 0.5) is 0 Å². The fraction of sp³-hybridized carbons (Fsp3) is 0.348. The zero-order valence-electron chi connectivity index (χ0n) is 15.6. The first-order valence-corrected chi connectivity index (χ1v) is 9.73. The predicted molar refractivity (Wildman–Crippen MR) is 107 cm³/mol. The molecule has 1 aliphatic heterocycles. The van der Waals surface area contributed by atoms with Gasteiger partial charge >= 0.3 is 0 Å². The number of benzene rings is 2. The fourth-order valence-corrected chi connectivity index (χ4v) is 3.96. The van der Waals surface area contributed by atoms with Crippen molar-refractivity contribution in [2.24, 2.45) is 5.92 Å². The molecule has 0 N–H and O–H groups in total. The highest BCUT2D eigenvalue weighted by Crippen LogP contribution is 2.23. The van der Waals surface area contributed by atoms with Gasteiger partial charge in [0.1, 0.15) is 12.1 Å². The van der Waals surface area contributed by atoms with Crippen LogP contribution in [-0.2, 0) is 17.8 Å². The molecule has 2 heterocycles. The first kappa shape index (κ1) is 17.8. The number of ketones is 1. The van der Waals surface area contributed by atoms with Crippen molar-refractivity contribution in [3.05, 3.63) is 72.2 Å². The Balaban J connectivity index is 1.26. The lowest BCUT2D eigenvalue weighted by Gasteiger charge is -2.31. The van der Waals surface area contributed by atoms with Gasteiger partial charge in [-0.05, 0) is 55.1 Å². The van der Waals surface area contributed by atoms with Crippen LogP contribution < -0.4 is 0 Å². The van der Waals surface area contributed by atoms with Gasteiger partial charge < -0.3 is 0 Å². The number of hydrogen-bond acceptors (Lipinski definition) is 4. The number of carbonyl (C=O) groups excluding carboxylic acids is 1. The highest BCUT2D eigenvalue weighted by atomic mass is 16.1. The monoisotopic (exact) mass is 359 g/mol. The van der Waals surface area contributed by atoms with E-state index in [1.54, 1.807) is 12.5 Å². The minimum atomic E-state index is 0.340. The number of aromatic nitrogens is 2. The number of nitrogens with zero attached hydrogens (tertiary/aromatic N) is 3.